The molecule has 0 bridgehead atoms. The second-order valence-corrected chi connectivity index (χ2v) is 8.90. The molecule has 3 aliphatic rings. The minimum atomic E-state index is -0.748. The highest BCUT2D eigenvalue weighted by Gasteiger charge is 2.47. The van der Waals surface area contributed by atoms with Gasteiger partial charge in [-0.1, -0.05) is 26.7 Å². The van der Waals surface area contributed by atoms with E-state index in [1.807, 2.05) is 6.92 Å². The van der Waals surface area contributed by atoms with E-state index in [0.29, 0.717) is 24.3 Å². The van der Waals surface area contributed by atoms with Gasteiger partial charge in [-0.2, -0.15) is 0 Å². The molecule has 0 aromatic rings. The molecule has 6 heteroatoms. The molecule has 0 amide bonds. The van der Waals surface area contributed by atoms with E-state index < -0.39 is 6.23 Å². The van der Waals surface area contributed by atoms with E-state index in [0.717, 1.165) is 43.4 Å². The van der Waals surface area contributed by atoms with Gasteiger partial charge < -0.3 is 20.5 Å². The molecule has 1 heterocycles. The summed E-state index contributed by atoms with van der Waals surface area (Å²) in [5, 5.41) is 3.36. The number of Topliss-reactive ketones (excluding diaryl/α,β-unsaturated/α-hetero) is 1. The maximum absolute atomic E-state index is 13.2. The molecule has 0 aromatic carbocycles. The molecule has 2 unspecified atom stereocenters. The normalized spacial score (nSPS) is 26.2. The van der Waals surface area contributed by atoms with Crippen molar-refractivity contribution in [3.63, 3.8) is 0 Å². The van der Waals surface area contributed by atoms with Crippen LogP contribution in [0.1, 0.15) is 66.2 Å². The molecule has 0 radical (unpaired) electrons. The Hall–Kier alpha value is -1.66. The van der Waals surface area contributed by atoms with Crippen molar-refractivity contribution in [1.29, 1.82) is 0 Å². The number of hydrogen-bond donors (Lipinski definition) is 2. The minimum absolute atomic E-state index is 0.120. The van der Waals surface area contributed by atoms with Gasteiger partial charge in [0, 0.05) is 30.2 Å². The van der Waals surface area contributed by atoms with Gasteiger partial charge in [0.2, 0.25) is 0 Å². The van der Waals surface area contributed by atoms with Gasteiger partial charge >= 0.3 is 5.97 Å². The quantitative estimate of drug-likeness (QED) is 0.535. The Kier molecular flexibility index (Phi) is 6.30. The van der Waals surface area contributed by atoms with Crippen LogP contribution in [0.4, 0.5) is 0 Å². The maximum atomic E-state index is 13.2. The van der Waals surface area contributed by atoms with E-state index in [9.17, 15) is 9.59 Å². The zero-order valence-electron chi connectivity index (χ0n) is 17.6. The molecular formula is C22H34N2O4. The third-order valence-corrected chi connectivity index (χ3v) is 6.12. The molecular weight excluding hydrogens is 356 g/mol. The predicted molar refractivity (Wildman–Crippen MR) is 107 cm³/mol. The lowest BCUT2D eigenvalue weighted by Crippen LogP contribution is -2.46. The number of allylic oxidation sites excluding steroid dienone is 2. The molecule has 3 rings (SSSR count). The van der Waals surface area contributed by atoms with Crippen LogP contribution in [0.25, 0.3) is 0 Å². The minimum Gasteiger partial charge on any atom is -0.463 e. The fraction of sp³-hybridized carbons (Fsp3) is 0.727. The van der Waals surface area contributed by atoms with Gasteiger partial charge in [0.05, 0.1) is 17.9 Å². The second kappa shape index (κ2) is 8.37. The van der Waals surface area contributed by atoms with Crippen LogP contribution in [0.5, 0.6) is 0 Å². The molecule has 0 aromatic heterocycles. The number of carbonyl (C=O) groups excluding carboxylic acids is 2. The third kappa shape index (κ3) is 4.03. The van der Waals surface area contributed by atoms with Gasteiger partial charge in [-0.05, 0) is 44.4 Å². The number of ether oxygens (including phenoxy) is 2. The van der Waals surface area contributed by atoms with Crippen LogP contribution in [0.2, 0.25) is 0 Å². The lowest BCUT2D eigenvalue weighted by Gasteiger charge is -2.42. The number of nitrogens with one attached hydrogen (secondary N) is 1. The van der Waals surface area contributed by atoms with Crippen LogP contribution in [-0.2, 0) is 19.1 Å². The summed E-state index contributed by atoms with van der Waals surface area (Å²) in [6.45, 7) is 8.60. The van der Waals surface area contributed by atoms with Crippen molar-refractivity contribution in [2.45, 2.75) is 72.4 Å². The van der Waals surface area contributed by atoms with Crippen LogP contribution in [0.3, 0.4) is 0 Å². The first-order valence-electron chi connectivity index (χ1n) is 10.6. The Bertz CT molecular complexity index is 701. The lowest BCUT2D eigenvalue weighted by molar-refractivity contribution is -0.139. The molecule has 1 aliphatic heterocycles. The molecule has 2 aliphatic carbocycles. The number of esters is 1. The van der Waals surface area contributed by atoms with E-state index in [4.69, 9.17) is 15.2 Å². The van der Waals surface area contributed by atoms with Gasteiger partial charge in [0.15, 0.2) is 5.78 Å². The van der Waals surface area contributed by atoms with Gasteiger partial charge in [-0.15, -0.1) is 0 Å². The Morgan fingerprint density at radius 1 is 1.21 bits per heavy atom. The van der Waals surface area contributed by atoms with Crippen LogP contribution in [0.15, 0.2) is 22.5 Å². The van der Waals surface area contributed by atoms with Crippen LogP contribution in [0, 0.1) is 17.3 Å². The van der Waals surface area contributed by atoms with Crippen LogP contribution >= 0.6 is 0 Å². The van der Waals surface area contributed by atoms with Crippen molar-refractivity contribution in [3.8, 4) is 0 Å². The molecule has 2 atom stereocenters. The van der Waals surface area contributed by atoms with Crippen LogP contribution < -0.4 is 11.1 Å². The first-order chi connectivity index (χ1) is 13.3. The fourth-order valence-electron chi connectivity index (χ4n) is 5.04. The van der Waals surface area contributed by atoms with Crippen molar-refractivity contribution >= 4 is 11.8 Å². The smallest absolute Gasteiger partial charge is 0.336 e. The van der Waals surface area contributed by atoms with Crippen molar-refractivity contribution in [2.75, 3.05) is 13.2 Å². The van der Waals surface area contributed by atoms with Crippen molar-refractivity contribution < 1.29 is 19.1 Å². The third-order valence-electron chi connectivity index (χ3n) is 6.12. The highest BCUT2D eigenvalue weighted by atomic mass is 16.5. The predicted octanol–water partition coefficient (Wildman–Crippen LogP) is 3.18. The van der Waals surface area contributed by atoms with Crippen molar-refractivity contribution in [2.24, 2.45) is 23.0 Å². The number of carbonyl (C=O) groups is 2. The summed E-state index contributed by atoms with van der Waals surface area (Å²) in [5.74, 6) is -0.230. The molecule has 0 saturated heterocycles. The summed E-state index contributed by atoms with van der Waals surface area (Å²) in [6, 6.07) is 0. The summed E-state index contributed by atoms with van der Waals surface area (Å²) >= 11 is 0. The number of rotatable bonds is 6. The lowest BCUT2D eigenvalue weighted by atomic mass is 9.66. The number of hydrogen-bond acceptors (Lipinski definition) is 6. The van der Waals surface area contributed by atoms with E-state index >= 15 is 0 Å². The summed E-state index contributed by atoms with van der Waals surface area (Å²) in [5.41, 5.74) is 8.96. The van der Waals surface area contributed by atoms with Crippen LogP contribution in [-0.4, -0.2) is 31.2 Å². The average molecular weight is 391 g/mol. The Morgan fingerprint density at radius 2 is 1.89 bits per heavy atom. The van der Waals surface area contributed by atoms with Gasteiger partial charge in [0.1, 0.15) is 6.23 Å². The highest BCUT2D eigenvalue weighted by molar-refractivity contribution is 6.02. The maximum Gasteiger partial charge on any atom is 0.336 e. The van der Waals surface area contributed by atoms with E-state index in [2.05, 4.69) is 19.2 Å². The van der Waals surface area contributed by atoms with E-state index in [1.165, 1.54) is 0 Å². The molecule has 28 heavy (non-hydrogen) atoms. The molecule has 0 spiro atoms. The largest absolute Gasteiger partial charge is 0.463 e. The molecule has 6 nitrogen and oxygen atoms in total. The summed E-state index contributed by atoms with van der Waals surface area (Å²) in [7, 11) is 0. The summed E-state index contributed by atoms with van der Waals surface area (Å²) in [4.78, 5) is 26.2. The SMILES string of the molecule is CCOC(=O)C1=C(C(N)OCC)NC2=C(C(=O)CC(C)(C)C2)C1C1CCCC1. The topological polar surface area (TPSA) is 90.7 Å². The van der Waals surface area contributed by atoms with Crippen molar-refractivity contribution in [3.05, 3.63) is 22.5 Å². The second-order valence-electron chi connectivity index (χ2n) is 8.90. The first kappa shape index (κ1) is 21.1. The average Bonchev–Trinajstić information content (AvgIpc) is 3.13. The monoisotopic (exact) mass is 390 g/mol. The van der Waals surface area contributed by atoms with E-state index in [1.54, 1.807) is 6.92 Å². The Morgan fingerprint density at radius 3 is 2.50 bits per heavy atom. The Balaban J connectivity index is 2.13. The first-order valence-corrected chi connectivity index (χ1v) is 10.6. The number of ketones is 1. The molecule has 1 fully saturated rings. The van der Waals surface area contributed by atoms with Gasteiger partial charge in [-0.25, -0.2) is 4.79 Å². The zero-order valence-corrected chi connectivity index (χ0v) is 17.6. The standard InChI is InChI=1S/C22H34N2O4/c1-5-27-20(23)19-18(21(26)28-6-2)16(13-9-7-8-10-13)17-14(24-19)11-22(3,4)12-15(17)25/h13,16,20,24H,5-12,23H2,1-4H3. The zero-order chi connectivity index (χ0) is 20.5. The fourth-order valence-corrected chi connectivity index (χ4v) is 5.04. The molecule has 156 valence electrons. The number of nitrogens with two attached hydrogens (primary N) is 1. The van der Waals surface area contributed by atoms with Gasteiger partial charge in [0.25, 0.3) is 0 Å². The molecule has 3 N–H and O–H groups in total. The van der Waals surface area contributed by atoms with Crippen molar-refractivity contribution in [1.82, 2.24) is 5.32 Å². The van der Waals surface area contributed by atoms with Gasteiger partial charge in [-0.3, -0.25) is 4.79 Å². The Labute approximate surface area is 167 Å². The summed E-state index contributed by atoms with van der Waals surface area (Å²) < 4.78 is 11.1. The van der Waals surface area contributed by atoms with E-state index in [-0.39, 0.29) is 35.6 Å². The number of dihydropyridines is 1. The molecule has 1 saturated carbocycles. The summed E-state index contributed by atoms with van der Waals surface area (Å²) in [6.07, 6.45) is 4.79. The highest BCUT2D eigenvalue weighted by Crippen LogP contribution is 2.48.